The number of aromatic nitrogens is 1. The van der Waals surface area contributed by atoms with E-state index in [0.717, 1.165) is 21.9 Å². The molecule has 6 heteroatoms. The fourth-order valence-corrected chi connectivity index (χ4v) is 4.15. The molecule has 0 bridgehead atoms. The third kappa shape index (κ3) is 4.34. The van der Waals surface area contributed by atoms with Crippen LogP contribution in [-0.2, 0) is 10.5 Å². The van der Waals surface area contributed by atoms with E-state index in [2.05, 4.69) is 10.4 Å². The number of carbonyl (C=O) groups excluding carboxylic acids is 1. The minimum Gasteiger partial charge on any atom is -0.372 e. The van der Waals surface area contributed by atoms with Crippen LogP contribution in [0, 0.1) is 0 Å². The van der Waals surface area contributed by atoms with E-state index in [9.17, 15) is 4.79 Å². The van der Waals surface area contributed by atoms with Crippen molar-refractivity contribution in [3.8, 4) is 0 Å². The van der Waals surface area contributed by atoms with Gasteiger partial charge in [0.25, 0.3) is 5.91 Å². The summed E-state index contributed by atoms with van der Waals surface area (Å²) in [5.41, 5.74) is 3.68. The van der Waals surface area contributed by atoms with Gasteiger partial charge in [-0.25, -0.2) is 4.98 Å². The maximum absolute atomic E-state index is 12.6. The number of rotatable bonds is 4. The molecule has 1 aliphatic heterocycles. The molecular weight excluding hydrogens is 328 g/mol. The van der Waals surface area contributed by atoms with Crippen molar-refractivity contribution < 1.29 is 9.53 Å². The van der Waals surface area contributed by atoms with Gasteiger partial charge in [-0.1, -0.05) is 0 Å². The molecule has 0 saturated carbocycles. The van der Waals surface area contributed by atoms with Gasteiger partial charge in [0.15, 0.2) is 0 Å². The minimum absolute atomic E-state index is 0.0862. The van der Waals surface area contributed by atoms with Crippen LogP contribution in [0.3, 0.4) is 0 Å². The molecule has 3 rings (SSSR count). The van der Waals surface area contributed by atoms with Crippen LogP contribution in [0.5, 0.6) is 0 Å². The maximum atomic E-state index is 12.6. The zero-order valence-corrected chi connectivity index (χ0v) is 14.9. The van der Waals surface area contributed by atoms with E-state index >= 15 is 0 Å². The van der Waals surface area contributed by atoms with Gasteiger partial charge in [-0.3, -0.25) is 4.79 Å². The van der Waals surface area contributed by atoms with Gasteiger partial charge in [0.1, 0.15) is 0 Å². The first-order chi connectivity index (χ1) is 11.1. The van der Waals surface area contributed by atoms with E-state index in [1.165, 1.54) is 0 Å². The summed E-state index contributed by atoms with van der Waals surface area (Å²) in [5.74, 6) is 0.943. The Kier molecular flexibility index (Phi) is 5.35. The van der Waals surface area contributed by atoms with Gasteiger partial charge in [-0.05, 0) is 38.1 Å². The number of hydrogen-bond acceptors (Lipinski definition) is 5. The molecule has 0 spiro atoms. The predicted octanol–water partition coefficient (Wildman–Crippen LogP) is 3.68. The molecule has 1 aromatic carbocycles. The zero-order chi connectivity index (χ0) is 16.2. The minimum atomic E-state index is 0.0862. The molecule has 2 atom stereocenters. The number of thioether (sulfide) groups is 1. The fraction of sp³-hybridized carbons (Fsp3) is 0.412. The number of amides is 1. The highest BCUT2D eigenvalue weighted by atomic mass is 32.2. The summed E-state index contributed by atoms with van der Waals surface area (Å²) in [5, 5.41) is 2.06. The molecule has 1 fully saturated rings. The number of nitrogens with zero attached hydrogens (tertiary/aromatic N) is 2. The van der Waals surface area contributed by atoms with Gasteiger partial charge in [-0.15, -0.1) is 23.1 Å². The smallest absolute Gasteiger partial charge is 0.254 e. The number of benzene rings is 1. The Bertz CT molecular complexity index is 633. The SMILES string of the molecule is C[C@@H]1CN(C(=O)c2ccc(SCc3cscn3)cc2)C[C@H](C)O1. The van der Waals surface area contributed by atoms with Crippen molar-refractivity contribution in [3.05, 3.63) is 46.4 Å². The normalized spacial score (nSPS) is 21.4. The lowest BCUT2D eigenvalue weighted by molar-refractivity contribution is -0.0586. The van der Waals surface area contributed by atoms with Crippen LogP contribution in [-0.4, -0.2) is 41.1 Å². The van der Waals surface area contributed by atoms with E-state index < -0.39 is 0 Å². The Morgan fingerprint density at radius 2 is 2.00 bits per heavy atom. The topological polar surface area (TPSA) is 42.4 Å². The predicted molar refractivity (Wildman–Crippen MR) is 94.0 cm³/mol. The second-order valence-electron chi connectivity index (χ2n) is 5.76. The van der Waals surface area contributed by atoms with Crippen LogP contribution >= 0.6 is 23.1 Å². The molecule has 0 aliphatic carbocycles. The van der Waals surface area contributed by atoms with Gasteiger partial charge in [0.05, 0.1) is 23.4 Å². The van der Waals surface area contributed by atoms with E-state index in [0.29, 0.717) is 13.1 Å². The first-order valence-corrected chi connectivity index (χ1v) is 9.59. The lowest BCUT2D eigenvalue weighted by atomic mass is 10.1. The van der Waals surface area contributed by atoms with Crippen molar-refractivity contribution in [2.45, 2.75) is 36.7 Å². The van der Waals surface area contributed by atoms with Crippen LogP contribution in [0.2, 0.25) is 0 Å². The van der Waals surface area contributed by atoms with Crippen LogP contribution in [0.25, 0.3) is 0 Å². The van der Waals surface area contributed by atoms with Gasteiger partial charge < -0.3 is 9.64 Å². The molecule has 23 heavy (non-hydrogen) atoms. The highest BCUT2D eigenvalue weighted by Crippen LogP contribution is 2.23. The van der Waals surface area contributed by atoms with Gasteiger partial charge >= 0.3 is 0 Å². The molecule has 122 valence electrons. The summed E-state index contributed by atoms with van der Waals surface area (Å²) in [6.07, 6.45) is 0.186. The van der Waals surface area contributed by atoms with E-state index in [1.54, 1.807) is 23.1 Å². The van der Waals surface area contributed by atoms with Crippen molar-refractivity contribution in [1.82, 2.24) is 9.88 Å². The monoisotopic (exact) mass is 348 g/mol. The molecule has 1 aliphatic rings. The molecule has 0 N–H and O–H groups in total. The Hall–Kier alpha value is -1.37. The third-order valence-corrected chi connectivity index (χ3v) is 5.36. The van der Waals surface area contributed by atoms with Crippen molar-refractivity contribution in [2.24, 2.45) is 0 Å². The van der Waals surface area contributed by atoms with Crippen molar-refractivity contribution in [3.63, 3.8) is 0 Å². The number of thiazole rings is 1. The molecule has 1 aromatic heterocycles. The van der Waals surface area contributed by atoms with Crippen LogP contribution in [0.1, 0.15) is 29.9 Å². The van der Waals surface area contributed by atoms with Crippen LogP contribution < -0.4 is 0 Å². The summed E-state index contributed by atoms with van der Waals surface area (Å²) in [7, 11) is 0. The second-order valence-corrected chi connectivity index (χ2v) is 7.53. The fourth-order valence-electron chi connectivity index (χ4n) is 2.69. The number of morpholine rings is 1. The number of carbonyl (C=O) groups is 1. The first-order valence-electron chi connectivity index (χ1n) is 7.66. The van der Waals surface area contributed by atoms with E-state index in [4.69, 9.17) is 4.74 Å². The molecular formula is C17H20N2O2S2. The van der Waals surface area contributed by atoms with Gasteiger partial charge in [-0.2, -0.15) is 0 Å². The van der Waals surface area contributed by atoms with Crippen molar-refractivity contribution in [1.29, 1.82) is 0 Å². The van der Waals surface area contributed by atoms with E-state index in [1.807, 2.05) is 48.5 Å². The van der Waals surface area contributed by atoms with Crippen molar-refractivity contribution in [2.75, 3.05) is 13.1 Å². The molecule has 4 nitrogen and oxygen atoms in total. The lowest BCUT2D eigenvalue weighted by Crippen LogP contribution is -2.48. The summed E-state index contributed by atoms with van der Waals surface area (Å²) < 4.78 is 5.69. The van der Waals surface area contributed by atoms with E-state index in [-0.39, 0.29) is 18.1 Å². The molecule has 2 aromatic rings. The molecule has 1 amide bonds. The molecule has 1 saturated heterocycles. The summed E-state index contributed by atoms with van der Waals surface area (Å²) in [6.45, 7) is 5.33. The summed E-state index contributed by atoms with van der Waals surface area (Å²) >= 11 is 3.35. The van der Waals surface area contributed by atoms with Gasteiger partial charge in [0, 0.05) is 34.7 Å². The Morgan fingerprint density at radius 1 is 1.30 bits per heavy atom. The molecule has 0 unspecified atom stereocenters. The molecule has 2 heterocycles. The first kappa shape index (κ1) is 16.5. The largest absolute Gasteiger partial charge is 0.372 e. The maximum Gasteiger partial charge on any atom is 0.254 e. The number of hydrogen-bond donors (Lipinski definition) is 0. The van der Waals surface area contributed by atoms with Crippen LogP contribution in [0.4, 0.5) is 0 Å². The third-order valence-electron chi connectivity index (χ3n) is 3.68. The standard InChI is InChI=1S/C17H20N2O2S2/c1-12-7-19(8-13(2)21-12)17(20)14-3-5-16(6-4-14)23-10-15-9-22-11-18-15/h3-6,9,11-13H,7-8,10H2,1-2H3/t12-,13+. The van der Waals surface area contributed by atoms with Crippen LogP contribution in [0.15, 0.2) is 40.1 Å². The number of ether oxygens (including phenoxy) is 1. The Balaban J connectivity index is 1.61. The van der Waals surface area contributed by atoms with Gasteiger partial charge in [0.2, 0.25) is 0 Å². The summed E-state index contributed by atoms with van der Waals surface area (Å²) in [6, 6.07) is 7.85. The lowest BCUT2D eigenvalue weighted by Gasteiger charge is -2.35. The molecule has 0 radical (unpaired) electrons. The average molecular weight is 348 g/mol. The zero-order valence-electron chi connectivity index (χ0n) is 13.3. The van der Waals surface area contributed by atoms with Crippen molar-refractivity contribution >= 4 is 29.0 Å². The Labute approximate surface area is 144 Å². The highest BCUT2D eigenvalue weighted by Gasteiger charge is 2.26. The highest BCUT2D eigenvalue weighted by molar-refractivity contribution is 7.98. The Morgan fingerprint density at radius 3 is 2.61 bits per heavy atom. The summed E-state index contributed by atoms with van der Waals surface area (Å²) in [4.78, 5) is 19.9. The second kappa shape index (κ2) is 7.47. The average Bonchev–Trinajstić information content (AvgIpc) is 3.05. The quantitative estimate of drug-likeness (QED) is 0.791.